The molecule has 0 radical (unpaired) electrons. The van der Waals surface area contributed by atoms with Gasteiger partial charge >= 0.3 is 0 Å². The number of fused-ring (bicyclic) bond motifs is 1. The number of H-pyrrole nitrogens is 1. The highest BCUT2D eigenvalue weighted by Crippen LogP contribution is 2.31. The van der Waals surface area contributed by atoms with Crippen LogP contribution in [-0.4, -0.2) is 43.6 Å². The number of nitrogens with one attached hydrogen (secondary N) is 1. The third kappa shape index (κ3) is 2.06. The predicted molar refractivity (Wildman–Crippen MR) is 71.1 cm³/mol. The number of aliphatic hydroxyl groups excluding tert-OH is 2. The standard InChI is InChI=1S/C12H13N5O4/c13-2-5-3-17(8-1-6(19)7(4-18)21-8)10-9(5)11(20)16-12(14)15-10/h3,6-8,18-19H,1,4H2,(H3,14,15,16,20)/t6-,7+,8+/m0/s1. The summed E-state index contributed by atoms with van der Waals surface area (Å²) in [5.41, 5.74) is 5.38. The molecule has 1 aliphatic rings. The number of aromatic nitrogens is 3. The molecule has 0 aromatic carbocycles. The summed E-state index contributed by atoms with van der Waals surface area (Å²) in [5.74, 6) is -0.0754. The summed E-state index contributed by atoms with van der Waals surface area (Å²) in [6.45, 7) is -0.321. The van der Waals surface area contributed by atoms with Crippen molar-refractivity contribution in [1.29, 1.82) is 5.26 Å². The lowest BCUT2D eigenvalue weighted by Gasteiger charge is -2.14. The van der Waals surface area contributed by atoms with Crippen LogP contribution in [0.15, 0.2) is 11.0 Å². The van der Waals surface area contributed by atoms with Crippen molar-refractivity contribution in [2.75, 3.05) is 12.3 Å². The van der Waals surface area contributed by atoms with Crippen molar-refractivity contribution in [1.82, 2.24) is 14.5 Å². The molecule has 0 amide bonds. The lowest BCUT2D eigenvalue weighted by molar-refractivity contribution is -0.0430. The second kappa shape index (κ2) is 4.85. The zero-order chi connectivity index (χ0) is 15.1. The van der Waals surface area contributed by atoms with Crippen molar-refractivity contribution in [2.24, 2.45) is 0 Å². The fourth-order valence-electron chi connectivity index (χ4n) is 2.53. The Kier molecular flexibility index (Phi) is 3.13. The van der Waals surface area contributed by atoms with E-state index >= 15 is 0 Å². The van der Waals surface area contributed by atoms with Gasteiger partial charge in [0, 0.05) is 12.6 Å². The SMILES string of the molecule is N#Cc1cn([C@H]2C[C@H](O)[C@@H](CO)O2)c2nc(N)[nH]c(=O)c12. The molecule has 9 heteroatoms. The number of aliphatic hydroxyl groups is 2. The van der Waals surface area contributed by atoms with Crippen molar-refractivity contribution >= 4 is 17.0 Å². The first kappa shape index (κ1) is 13.6. The first-order chi connectivity index (χ1) is 10.0. The number of anilines is 1. The van der Waals surface area contributed by atoms with Gasteiger partial charge in [0.2, 0.25) is 5.95 Å². The molecule has 5 N–H and O–H groups in total. The van der Waals surface area contributed by atoms with Crippen LogP contribution in [0.3, 0.4) is 0 Å². The highest BCUT2D eigenvalue weighted by atomic mass is 16.5. The fraction of sp³-hybridized carbons (Fsp3) is 0.417. The van der Waals surface area contributed by atoms with Crippen LogP contribution >= 0.6 is 0 Å². The van der Waals surface area contributed by atoms with Crippen molar-refractivity contribution < 1.29 is 14.9 Å². The van der Waals surface area contributed by atoms with E-state index in [1.807, 2.05) is 6.07 Å². The van der Waals surface area contributed by atoms with Gasteiger partial charge < -0.3 is 25.3 Å². The minimum Gasteiger partial charge on any atom is -0.394 e. The van der Waals surface area contributed by atoms with E-state index in [1.165, 1.54) is 10.8 Å². The maximum atomic E-state index is 11.9. The van der Waals surface area contributed by atoms with E-state index in [2.05, 4.69) is 9.97 Å². The van der Waals surface area contributed by atoms with E-state index in [9.17, 15) is 9.90 Å². The number of rotatable bonds is 2. The summed E-state index contributed by atoms with van der Waals surface area (Å²) in [7, 11) is 0. The first-order valence-electron chi connectivity index (χ1n) is 6.30. The molecular weight excluding hydrogens is 278 g/mol. The molecule has 3 atom stereocenters. The number of hydrogen-bond acceptors (Lipinski definition) is 7. The maximum Gasteiger partial charge on any atom is 0.263 e. The first-order valence-corrected chi connectivity index (χ1v) is 6.30. The third-order valence-corrected chi connectivity index (χ3v) is 3.52. The number of nitriles is 1. The molecule has 0 aliphatic carbocycles. The number of nitrogen functional groups attached to an aromatic ring is 1. The van der Waals surface area contributed by atoms with Gasteiger partial charge in [0.1, 0.15) is 23.8 Å². The van der Waals surface area contributed by atoms with Gasteiger partial charge in [-0.3, -0.25) is 9.78 Å². The maximum absolute atomic E-state index is 11.9. The van der Waals surface area contributed by atoms with Crippen LogP contribution in [0, 0.1) is 11.3 Å². The van der Waals surface area contributed by atoms with Gasteiger partial charge in [-0.1, -0.05) is 0 Å². The Morgan fingerprint density at radius 3 is 3.05 bits per heavy atom. The summed E-state index contributed by atoms with van der Waals surface area (Å²) in [6, 6.07) is 1.92. The molecule has 0 unspecified atom stereocenters. The van der Waals surface area contributed by atoms with Crippen LogP contribution in [0.5, 0.6) is 0 Å². The topological polar surface area (TPSA) is 150 Å². The van der Waals surface area contributed by atoms with E-state index < -0.39 is 24.0 Å². The average molecular weight is 291 g/mol. The van der Waals surface area contributed by atoms with Gasteiger partial charge in [-0.15, -0.1) is 0 Å². The summed E-state index contributed by atoms with van der Waals surface area (Å²) in [6.07, 6.45) is -0.521. The van der Waals surface area contributed by atoms with Crippen LogP contribution in [0.4, 0.5) is 5.95 Å². The predicted octanol–water partition coefficient (Wildman–Crippen LogP) is -1.18. The largest absolute Gasteiger partial charge is 0.394 e. The molecule has 0 saturated carbocycles. The Balaban J connectivity index is 2.16. The smallest absolute Gasteiger partial charge is 0.263 e. The normalized spacial score (nSPS) is 25.3. The third-order valence-electron chi connectivity index (χ3n) is 3.52. The second-order valence-electron chi connectivity index (χ2n) is 4.83. The van der Waals surface area contributed by atoms with E-state index in [0.29, 0.717) is 0 Å². The van der Waals surface area contributed by atoms with E-state index in [4.69, 9.17) is 20.8 Å². The summed E-state index contributed by atoms with van der Waals surface area (Å²) < 4.78 is 7.00. The van der Waals surface area contributed by atoms with Gasteiger partial charge in [0.05, 0.1) is 18.3 Å². The molecule has 1 fully saturated rings. The molecule has 21 heavy (non-hydrogen) atoms. The molecule has 3 heterocycles. The van der Waals surface area contributed by atoms with E-state index in [0.717, 1.165) is 0 Å². The van der Waals surface area contributed by atoms with Gasteiger partial charge in [-0.25, -0.2) is 0 Å². The molecule has 1 saturated heterocycles. The summed E-state index contributed by atoms with van der Waals surface area (Å²) in [4.78, 5) is 18.3. The Hall–Kier alpha value is -2.41. The van der Waals surface area contributed by atoms with Gasteiger partial charge in [0.15, 0.2) is 5.65 Å². The number of hydrogen-bond donors (Lipinski definition) is 4. The van der Waals surface area contributed by atoms with Crippen molar-refractivity contribution in [2.45, 2.75) is 24.9 Å². The number of aromatic amines is 1. The molecule has 1 aliphatic heterocycles. The molecular formula is C12H13N5O4. The zero-order valence-corrected chi connectivity index (χ0v) is 10.9. The van der Waals surface area contributed by atoms with Crippen LogP contribution < -0.4 is 11.3 Å². The fourth-order valence-corrected chi connectivity index (χ4v) is 2.53. The Morgan fingerprint density at radius 1 is 1.67 bits per heavy atom. The van der Waals surface area contributed by atoms with Crippen LogP contribution in [-0.2, 0) is 4.74 Å². The van der Waals surface area contributed by atoms with Crippen LogP contribution in [0.1, 0.15) is 18.2 Å². The molecule has 2 aromatic heterocycles. The zero-order valence-electron chi connectivity index (χ0n) is 10.9. The molecule has 0 spiro atoms. The Morgan fingerprint density at radius 2 is 2.43 bits per heavy atom. The highest BCUT2D eigenvalue weighted by molar-refractivity contribution is 5.83. The summed E-state index contributed by atoms with van der Waals surface area (Å²) in [5, 5.41) is 28.2. The van der Waals surface area contributed by atoms with Crippen LogP contribution in [0.25, 0.3) is 11.0 Å². The van der Waals surface area contributed by atoms with Gasteiger partial charge in [-0.2, -0.15) is 10.2 Å². The quantitative estimate of drug-likeness (QED) is 0.543. The number of nitrogens with zero attached hydrogens (tertiary/aromatic N) is 3. The monoisotopic (exact) mass is 291 g/mol. The van der Waals surface area contributed by atoms with Crippen molar-refractivity contribution in [3.63, 3.8) is 0 Å². The minimum atomic E-state index is -0.831. The molecule has 3 rings (SSSR count). The molecule has 2 aromatic rings. The van der Waals surface area contributed by atoms with E-state index in [1.54, 1.807) is 0 Å². The van der Waals surface area contributed by atoms with Crippen molar-refractivity contribution in [3.8, 4) is 6.07 Å². The van der Waals surface area contributed by atoms with Crippen molar-refractivity contribution in [3.05, 3.63) is 22.1 Å². The Labute approximate surface area is 118 Å². The molecule has 110 valence electrons. The van der Waals surface area contributed by atoms with Crippen LogP contribution in [0.2, 0.25) is 0 Å². The van der Waals surface area contributed by atoms with E-state index in [-0.39, 0.29) is 35.6 Å². The average Bonchev–Trinajstić information content (AvgIpc) is 2.98. The lowest BCUT2D eigenvalue weighted by Crippen LogP contribution is -2.24. The van der Waals surface area contributed by atoms with Gasteiger partial charge in [0.25, 0.3) is 5.56 Å². The second-order valence-corrected chi connectivity index (χ2v) is 4.83. The minimum absolute atomic E-state index is 0.0754. The highest BCUT2D eigenvalue weighted by Gasteiger charge is 2.35. The molecule has 0 bridgehead atoms. The summed E-state index contributed by atoms with van der Waals surface area (Å²) >= 11 is 0. The Bertz CT molecular complexity index is 789. The van der Waals surface area contributed by atoms with Gasteiger partial charge in [-0.05, 0) is 0 Å². The number of nitrogens with two attached hydrogens (primary N) is 1. The lowest BCUT2D eigenvalue weighted by atomic mass is 10.2. The number of ether oxygens (including phenoxy) is 1. The molecule has 9 nitrogen and oxygen atoms in total.